The highest BCUT2D eigenvalue weighted by Crippen LogP contribution is 2.08. The Morgan fingerprint density at radius 3 is 2.59 bits per heavy atom. The van der Waals surface area contributed by atoms with Gasteiger partial charge >= 0.3 is 17.7 Å². The number of aromatic nitrogens is 2. The molecule has 0 saturated carbocycles. The number of hydrogen-bond acceptors (Lipinski definition) is 5. The van der Waals surface area contributed by atoms with E-state index >= 15 is 0 Å². The highest BCUT2D eigenvalue weighted by molar-refractivity contribution is 5.76. The van der Waals surface area contributed by atoms with Crippen LogP contribution in [0.1, 0.15) is 33.6 Å². The van der Waals surface area contributed by atoms with Crippen molar-refractivity contribution in [3.8, 4) is 0 Å². The number of carbonyl (C=O) groups excluding carboxylic acids is 2. The van der Waals surface area contributed by atoms with Crippen LogP contribution in [0, 0.1) is 5.82 Å². The quantitative estimate of drug-likeness (QED) is 0.615. The molecule has 0 aliphatic carbocycles. The molecule has 0 saturated heterocycles. The average molecular weight is 315 g/mol. The first-order chi connectivity index (χ1) is 10.1. The molecular weight excluding hydrogens is 297 g/mol. The van der Waals surface area contributed by atoms with Gasteiger partial charge in [0.15, 0.2) is 0 Å². The number of halogens is 1. The maximum atomic E-state index is 13.0. The molecule has 22 heavy (non-hydrogen) atoms. The van der Waals surface area contributed by atoms with Crippen LogP contribution in [0.25, 0.3) is 0 Å². The van der Waals surface area contributed by atoms with Gasteiger partial charge in [-0.1, -0.05) is 0 Å². The minimum atomic E-state index is -1.25. The molecule has 1 aromatic heterocycles. The van der Waals surface area contributed by atoms with E-state index in [1.54, 1.807) is 25.8 Å². The largest absolute Gasteiger partial charge is 0.460 e. The first kappa shape index (κ1) is 17.6. The number of amides is 1. The number of H-pyrrole nitrogens is 1. The molecule has 0 radical (unpaired) electrons. The molecule has 0 unspecified atom stereocenters. The van der Waals surface area contributed by atoms with Gasteiger partial charge in [-0.3, -0.25) is 14.6 Å². The average Bonchev–Trinajstić information content (AvgIpc) is 2.36. The van der Waals surface area contributed by atoms with Crippen molar-refractivity contribution in [3.05, 3.63) is 32.9 Å². The summed E-state index contributed by atoms with van der Waals surface area (Å²) in [6, 6.07) is -0.899. The number of ether oxygens (including phenoxy) is 1. The van der Waals surface area contributed by atoms with E-state index in [0.717, 1.165) is 0 Å². The molecule has 0 spiro atoms. The van der Waals surface area contributed by atoms with Gasteiger partial charge < -0.3 is 10.1 Å². The molecular formula is C13H18FN3O5. The van der Waals surface area contributed by atoms with Crippen molar-refractivity contribution in [3.63, 3.8) is 0 Å². The minimum absolute atomic E-state index is 0.0886. The monoisotopic (exact) mass is 315 g/mol. The second-order valence-corrected chi connectivity index (χ2v) is 5.53. The zero-order chi connectivity index (χ0) is 16.9. The lowest BCUT2D eigenvalue weighted by molar-refractivity contribution is -0.154. The molecule has 2 N–H and O–H groups in total. The summed E-state index contributed by atoms with van der Waals surface area (Å²) in [7, 11) is 0. The molecule has 0 atom stereocenters. The van der Waals surface area contributed by atoms with Crippen molar-refractivity contribution in [1.29, 1.82) is 0 Å². The number of hydrogen-bond donors (Lipinski definition) is 2. The Balaban J connectivity index is 2.48. The topological polar surface area (TPSA) is 110 Å². The van der Waals surface area contributed by atoms with Gasteiger partial charge in [0.1, 0.15) is 5.60 Å². The molecule has 0 aliphatic rings. The second-order valence-electron chi connectivity index (χ2n) is 5.53. The zero-order valence-corrected chi connectivity index (χ0v) is 12.6. The maximum absolute atomic E-state index is 13.0. The van der Waals surface area contributed by atoms with Crippen LogP contribution >= 0.6 is 0 Å². The predicted octanol–water partition coefficient (Wildman–Crippen LogP) is 0.355. The molecule has 1 rings (SSSR count). The number of aromatic amines is 1. The van der Waals surface area contributed by atoms with Gasteiger partial charge in [0.25, 0.3) is 5.56 Å². The molecule has 0 bridgehead atoms. The molecule has 0 aliphatic heterocycles. The lowest BCUT2D eigenvalue weighted by Gasteiger charge is -2.19. The Kier molecular flexibility index (Phi) is 5.61. The van der Waals surface area contributed by atoms with E-state index in [9.17, 15) is 23.6 Å². The highest BCUT2D eigenvalue weighted by Gasteiger charge is 2.16. The summed E-state index contributed by atoms with van der Waals surface area (Å²) in [6.45, 7) is 5.31. The first-order valence-electron chi connectivity index (χ1n) is 6.61. The summed E-state index contributed by atoms with van der Waals surface area (Å²) in [5, 5.41) is 2.33. The third kappa shape index (κ3) is 5.51. The van der Waals surface area contributed by atoms with E-state index in [0.29, 0.717) is 17.2 Å². The number of nitrogens with zero attached hydrogens (tertiary/aromatic N) is 1. The van der Waals surface area contributed by atoms with E-state index in [2.05, 4.69) is 5.32 Å². The molecule has 8 nitrogen and oxygen atoms in total. The Bertz CT molecular complexity index is 671. The summed E-state index contributed by atoms with van der Waals surface area (Å²) >= 11 is 0. The van der Waals surface area contributed by atoms with Crippen LogP contribution < -0.4 is 16.6 Å². The summed E-state index contributed by atoms with van der Waals surface area (Å²) in [5.74, 6) is -1.66. The highest BCUT2D eigenvalue weighted by atomic mass is 19.1. The Hall–Kier alpha value is -2.45. The Labute approximate surface area is 125 Å². The SMILES string of the molecule is CC(C)(C)OC(=O)CCCNC(=O)n1cc(F)c(=O)[nH]c1=O. The molecule has 0 aromatic carbocycles. The van der Waals surface area contributed by atoms with Gasteiger partial charge in [0.2, 0.25) is 5.82 Å². The van der Waals surface area contributed by atoms with Gasteiger partial charge in [-0.2, -0.15) is 4.39 Å². The van der Waals surface area contributed by atoms with Crippen molar-refractivity contribution in [2.45, 2.75) is 39.2 Å². The Morgan fingerprint density at radius 2 is 2.00 bits per heavy atom. The van der Waals surface area contributed by atoms with Crippen molar-refractivity contribution in [2.24, 2.45) is 0 Å². The molecule has 1 amide bonds. The van der Waals surface area contributed by atoms with E-state index in [4.69, 9.17) is 4.74 Å². The van der Waals surface area contributed by atoms with Crippen molar-refractivity contribution in [1.82, 2.24) is 14.9 Å². The smallest absolute Gasteiger partial charge is 0.336 e. The van der Waals surface area contributed by atoms with Crippen molar-refractivity contribution >= 4 is 12.0 Å². The fourth-order valence-corrected chi connectivity index (χ4v) is 1.50. The first-order valence-corrected chi connectivity index (χ1v) is 6.61. The van der Waals surface area contributed by atoms with Crippen LogP contribution in [0.4, 0.5) is 9.18 Å². The third-order valence-corrected chi connectivity index (χ3v) is 2.37. The van der Waals surface area contributed by atoms with Gasteiger partial charge in [-0.15, -0.1) is 0 Å². The summed E-state index contributed by atoms with van der Waals surface area (Å²) in [5.41, 5.74) is -2.82. The van der Waals surface area contributed by atoms with Gasteiger partial charge in [0, 0.05) is 13.0 Å². The summed E-state index contributed by atoms with van der Waals surface area (Å²) < 4.78 is 18.5. The normalized spacial score (nSPS) is 11.1. The maximum Gasteiger partial charge on any atom is 0.336 e. The van der Waals surface area contributed by atoms with E-state index in [1.807, 2.05) is 0 Å². The molecule has 1 aromatic rings. The van der Waals surface area contributed by atoms with E-state index < -0.39 is 34.7 Å². The molecule has 0 fully saturated rings. The second kappa shape index (κ2) is 7.01. The number of rotatable bonds is 4. The lowest BCUT2D eigenvalue weighted by atomic mass is 10.2. The molecule has 9 heteroatoms. The fourth-order valence-electron chi connectivity index (χ4n) is 1.50. The number of nitrogens with one attached hydrogen (secondary N) is 2. The van der Waals surface area contributed by atoms with Crippen LogP contribution in [0.5, 0.6) is 0 Å². The van der Waals surface area contributed by atoms with Crippen LogP contribution in [-0.4, -0.2) is 33.7 Å². The van der Waals surface area contributed by atoms with Crippen molar-refractivity contribution in [2.75, 3.05) is 6.54 Å². The van der Waals surface area contributed by atoms with E-state index in [1.165, 1.54) is 0 Å². The van der Waals surface area contributed by atoms with Crippen LogP contribution in [0.15, 0.2) is 15.8 Å². The zero-order valence-electron chi connectivity index (χ0n) is 12.6. The summed E-state index contributed by atoms with van der Waals surface area (Å²) in [6.07, 6.45) is 0.887. The molecule has 122 valence electrons. The third-order valence-electron chi connectivity index (χ3n) is 2.37. The number of esters is 1. The predicted molar refractivity (Wildman–Crippen MR) is 75.2 cm³/mol. The lowest BCUT2D eigenvalue weighted by Crippen LogP contribution is -2.41. The standard InChI is InChI=1S/C13H18FN3O5/c1-13(2,3)22-9(18)5-4-6-15-11(20)17-7-8(14)10(19)16-12(17)21/h7H,4-6H2,1-3H3,(H,15,20)(H,16,19,21). The van der Waals surface area contributed by atoms with Crippen LogP contribution in [-0.2, 0) is 9.53 Å². The van der Waals surface area contributed by atoms with Crippen LogP contribution in [0.3, 0.4) is 0 Å². The van der Waals surface area contributed by atoms with Gasteiger partial charge in [-0.25, -0.2) is 14.2 Å². The fraction of sp³-hybridized carbons (Fsp3) is 0.538. The number of carbonyl (C=O) groups is 2. The van der Waals surface area contributed by atoms with Crippen molar-refractivity contribution < 1.29 is 18.7 Å². The van der Waals surface area contributed by atoms with Gasteiger partial charge in [-0.05, 0) is 27.2 Å². The van der Waals surface area contributed by atoms with E-state index in [-0.39, 0.29) is 13.0 Å². The minimum Gasteiger partial charge on any atom is -0.460 e. The van der Waals surface area contributed by atoms with Crippen LogP contribution in [0.2, 0.25) is 0 Å². The summed E-state index contributed by atoms with van der Waals surface area (Å²) in [4.78, 5) is 46.9. The molecule has 1 heterocycles. The van der Waals surface area contributed by atoms with Gasteiger partial charge in [0.05, 0.1) is 6.20 Å². The Morgan fingerprint density at radius 1 is 1.36 bits per heavy atom.